The lowest BCUT2D eigenvalue weighted by Crippen LogP contribution is -2.60. The van der Waals surface area contributed by atoms with Crippen LogP contribution in [-0.4, -0.2) is 60.3 Å². The molecule has 23 heavy (non-hydrogen) atoms. The molecule has 4 nitrogen and oxygen atoms in total. The van der Waals surface area contributed by atoms with Gasteiger partial charge in [0, 0.05) is 25.7 Å². The van der Waals surface area contributed by atoms with Crippen LogP contribution in [-0.2, 0) is 0 Å². The molecule has 2 amide bonds. The predicted octanol–water partition coefficient (Wildman–Crippen LogP) is 2.99. The van der Waals surface area contributed by atoms with Crippen LogP contribution in [0.3, 0.4) is 0 Å². The molecule has 0 spiro atoms. The quantitative estimate of drug-likeness (QED) is 0.843. The first-order valence-electron chi connectivity index (χ1n) is 8.81. The molecule has 132 valence electrons. The van der Waals surface area contributed by atoms with Crippen molar-refractivity contribution in [3.05, 3.63) is 0 Å². The molecule has 0 unspecified atom stereocenters. The van der Waals surface area contributed by atoms with Crippen molar-refractivity contribution in [2.45, 2.75) is 63.2 Å². The second kappa shape index (κ2) is 6.87. The summed E-state index contributed by atoms with van der Waals surface area (Å²) in [5.41, 5.74) is 0. The minimum Gasteiger partial charge on any atom is -0.326 e. The highest BCUT2D eigenvalue weighted by atomic mass is 19.4. The van der Waals surface area contributed by atoms with E-state index >= 15 is 0 Å². The third-order valence-corrected chi connectivity index (χ3v) is 5.63. The van der Waals surface area contributed by atoms with Gasteiger partial charge in [-0.25, -0.2) is 4.79 Å². The third kappa shape index (κ3) is 3.92. The second-order valence-corrected chi connectivity index (χ2v) is 7.14. The van der Waals surface area contributed by atoms with Gasteiger partial charge < -0.3 is 10.2 Å². The SMILES string of the molecule is O=C(N[C@H](C1CCCC1)C(F)(F)F)N1CCN2CCCC[C@H]2C1. The van der Waals surface area contributed by atoms with E-state index in [0.29, 0.717) is 32.0 Å². The summed E-state index contributed by atoms with van der Waals surface area (Å²) >= 11 is 0. The first-order valence-corrected chi connectivity index (χ1v) is 8.81. The molecular formula is C16H26F3N3O. The van der Waals surface area contributed by atoms with Crippen LogP contribution < -0.4 is 5.32 Å². The van der Waals surface area contributed by atoms with E-state index in [9.17, 15) is 18.0 Å². The molecule has 0 aromatic carbocycles. The Morgan fingerprint density at radius 1 is 1.00 bits per heavy atom. The Bertz CT molecular complexity index is 423. The smallest absolute Gasteiger partial charge is 0.326 e. The molecule has 2 heterocycles. The van der Waals surface area contributed by atoms with Gasteiger partial charge in [-0.05, 0) is 38.1 Å². The van der Waals surface area contributed by atoms with Crippen molar-refractivity contribution in [1.29, 1.82) is 0 Å². The maximum Gasteiger partial charge on any atom is 0.408 e. The summed E-state index contributed by atoms with van der Waals surface area (Å²) in [4.78, 5) is 16.3. The summed E-state index contributed by atoms with van der Waals surface area (Å²) in [6.07, 6.45) is 1.76. The van der Waals surface area contributed by atoms with Crippen molar-refractivity contribution in [3.8, 4) is 0 Å². The first-order chi connectivity index (χ1) is 10.9. The van der Waals surface area contributed by atoms with Crippen molar-refractivity contribution < 1.29 is 18.0 Å². The van der Waals surface area contributed by atoms with Crippen molar-refractivity contribution in [1.82, 2.24) is 15.1 Å². The molecule has 1 saturated carbocycles. The Hall–Kier alpha value is -0.980. The summed E-state index contributed by atoms with van der Waals surface area (Å²) in [5.74, 6) is -0.463. The topological polar surface area (TPSA) is 35.6 Å². The highest BCUT2D eigenvalue weighted by molar-refractivity contribution is 5.75. The van der Waals surface area contributed by atoms with E-state index in [-0.39, 0.29) is 0 Å². The summed E-state index contributed by atoms with van der Waals surface area (Å²) in [5, 5.41) is 2.31. The highest BCUT2D eigenvalue weighted by Gasteiger charge is 2.47. The van der Waals surface area contributed by atoms with Crippen LogP contribution >= 0.6 is 0 Å². The van der Waals surface area contributed by atoms with Crippen LogP contribution in [0.15, 0.2) is 0 Å². The van der Waals surface area contributed by atoms with E-state index in [4.69, 9.17) is 0 Å². The van der Waals surface area contributed by atoms with Gasteiger partial charge in [0.2, 0.25) is 0 Å². The number of halogens is 3. The number of piperazine rings is 1. The van der Waals surface area contributed by atoms with Gasteiger partial charge in [0.25, 0.3) is 0 Å². The third-order valence-electron chi connectivity index (χ3n) is 5.63. The number of nitrogens with zero attached hydrogens (tertiary/aromatic N) is 2. The van der Waals surface area contributed by atoms with Crippen molar-refractivity contribution in [2.24, 2.45) is 5.92 Å². The van der Waals surface area contributed by atoms with Gasteiger partial charge in [-0.2, -0.15) is 13.2 Å². The van der Waals surface area contributed by atoms with Crippen LogP contribution in [0.1, 0.15) is 44.9 Å². The fourth-order valence-corrected chi connectivity index (χ4v) is 4.32. The molecule has 1 N–H and O–H groups in total. The summed E-state index contributed by atoms with van der Waals surface area (Å²) in [6.45, 7) is 2.91. The van der Waals surface area contributed by atoms with Crippen LogP contribution in [0.2, 0.25) is 0 Å². The van der Waals surface area contributed by atoms with E-state index in [2.05, 4.69) is 10.2 Å². The Morgan fingerprint density at radius 2 is 1.70 bits per heavy atom. The van der Waals surface area contributed by atoms with Crippen molar-refractivity contribution in [2.75, 3.05) is 26.2 Å². The second-order valence-electron chi connectivity index (χ2n) is 7.14. The van der Waals surface area contributed by atoms with Crippen LogP contribution in [0, 0.1) is 5.92 Å². The molecule has 2 atom stereocenters. The van der Waals surface area contributed by atoms with Gasteiger partial charge in [0.05, 0.1) is 0 Å². The number of nitrogens with one attached hydrogen (secondary N) is 1. The lowest BCUT2D eigenvalue weighted by Gasteiger charge is -2.44. The van der Waals surface area contributed by atoms with Gasteiger partial charge in [0.15, 0.2) is 0 Å². The first kappa shape index (κ1) is 16.9. The Balaban J connectivity index is 1.60. The molecule has 3 fully saturated rings. The molecule has 3 rings (SSSR count). The van der Waals surface area contributed by atoms with Gasteiger partial charge in [-0.15, -0.1) is 0 Å². The standard InChI is InChI=1S/C16H26F3N3O/c17-16(18,19)14(12-5-1-2-6-12)20-15(23)22-10-9-21-8-4-3-7-13(21)11-22/h12-14H,1-11H2,(H,20,23)/t13-,14+/m0/s1. The Kier molecular flexibility index (Phi) is 5.04. The number of amides is 2. The number of carbonyl (C=O) groups is 1. The number of piperidine rings is 1. The van der Waals surface area contributed by atoms with E-state index < -0.39 is 24.2 Å². The van der Waals surface area contributed by atoms with Crippen LogP contribution in [0.25, 0.3) is 0 Å². The maximum absolute atomic E-state index is 13.3. The number of fused-ring (bicyclic) bond motifs is 1. The fourth-order valence-electron chi connectivity index (χ4n) is 4.32. The molecule has 3 aliphatic rings. The number of hydrogen-bond acceptors (Lipinski definition) is 2. The van der Waals surface area contributed by atoms with E-state index in [1.807, 2.05) is 0 Å². The zero-order valence-electron chi connectivity index (χ0n) is 13.4. The zero-order valence-corrected chi connectivity index (χ0v) is 13.4. The normalized spacial score (nSPS) is 28.5. The Morgan fingerprint density at radius 3 is 2.39 bits per heavy atom. The minimum atomic E-state index is -4.36. The molecule has 0 bridgehead atoms. The number of hydrogen-bond donors (Lipinski definition) is 1. The van der Waals surface area contributed by atoms with E-state index in [0.717, 1.165) is 38.8 Å². The summed E-state index contributed by atoms with van der Waals surface area (Å²) < 4.78 is 40.0. The lowest BCUT2D eigenvalue weighted by atomic mass is 9.97. The Labute approximate surface area is 135 Å². The van der Waals surface area contributed by atoms with Gasteiger partial charge in [-0.3, -0.25) is 4.90 Å². The molecule has 0 aromatic heterocycles. The zero-order chi connectivity index (χ0) is 16.4. The fraction of sp³-hybridized carbons (Fsp3) is 0.938. The molecule has 7 heteroatoms. The number of carbonyl (C=O) groups excluding carboxylic acids is 1. The van der Waals surface area contributed by atoms with Crippen LogP contribution in [0.4, 0.5) is 18.0 Å². The molecule has 1 aliphatic carbocycles. The molecule has 2 aliphatic heterocycles. The number of alkyl halides is 3. The van der Waals surface area contributed by atoms with E-state index in [1.165, 1.54) is 6.42 Å². The average Bonchev–Trinajstić information content (AvgIpc) is 3.04. The molecule has 0 aromatic rings. The van der Waals surface area contributed by atoms with Gasteiger partial charge >= 0.3 is 12.2 Å². The molecule has 2 saturated heterocycles. The predicted molar refractivity (Wildman–Crippen MR) is 81.1 cm³/mol. The van der Waals surface area contributed by atoms with Crippen molar-refractivity contribution >= 4 is 6.03 Å². The minimum absolute atomic E-state index is 0.319. The van der Waals surface area contributed by atoms with Crippen molar-refractivity contribution in [3.63, 3.8) is 0 Å². The largest absolute Gasteiger partial charge is 0.408 e. The van der Waals surface area contributed by atoms with Gasteiger partial charge in [0.1, 0.15) is 6.04 Å². The lowest BCUT2D eigenvalue weighted by molar-refractivity contribution is -0.165. The molecular weight excluding hydrogens is 307 g/mol. The number of rotatable bonds is 2. The summed E-state index contributed by atoms with van der Waals surface area (Å²) in [6, 6.07) is -1.91. The number of urea groups is 1. The van der Waals surface area contributed by atoms with Crippen LogP contribution in [0.5, 0.6) is 0 Å². The molecule has 0 radical (unpaired) electrons. The maximum atomic E-state index is 13.3. The average molecular weight is 333 g/mol. The highest BCUT2D eigenvalue weighted by Crippen LogP contribution is 2.35. The van der Waals surface area contributed by atoms with Gasteiger partial charge in [-0.1, -0.05) is 19.3 Å². The van der Waals surface area contributed by atoms with E-state index in [1.54, 1.807) is 4.90 Å². The monoisotopic (exact) mass is 333 g/mol. The summed E-state index contributed by atoms with van der Waals surface area (Å²) in [7, 11) is 0.